The molecule has 0 saturated heterocycles. The van der Waals surface area contributed by atoms with Gasteiger partial charge in [-0.1, -0.05) is 79.1 Å². The molecule has 0 amide bonds. The van der Waals surface area contributed by atoms with Crippen molar-refractivity contribution in [1.82, 2.24) is 9.97 Å². The molecule has 0 aliphatic carbocycles. The van der Waals surface area contributed by atoms with Gasteiger partial charge in [-0.15, -0.1) is 24.8 Å². The fourth-order valence-corrected chi connectivity index (χ4v) is 2.69. The quantitative estimate of drug-likeness (QED) is 0.356. The first kappa shape index (κ1) is 26.0. The Bertz CT molecular complexity index is 416. The second kappa shape index (κ2) is 16.3. The molecule has 0 radical (unpaired) electrons. The van der Waals surface area contributed by atoms with E-state index >= 15 is 0 Å². The second-order valence-corrected chi connectivity index (χ2v) is 5.83. The van der Waals surface area contributed by atoms with Crippen LogP contribution in [0.4, 0.5) is 0 Å². The maximum Gasteiger partial charge on any atom is 2.00 e. The molecule has 0 fully saturated rings. The van der Waals surface area contributed by atoms with Crippen LogP contribution in [-0.4, -0.2) is 9.97 Å². The minimum absolute atomic E-state index is 0. The summed E-state index contributed by atoms with van der Waals surface area (Å²) >= 11 is 0. The van der Waals surface area contributed by atoms with Crippen LogP contribution >= 0.6 is 0 Å². The Labute approximate surface area is 174 Å². The summed E-state index contributed by atoms with van der Waals surface area (Å²) < 4.78 is 0. The smallest absolute Gasteiger partial charge is 0.484 e. The minimum atomic E-state index is 0. The second-order valence-electron chi connectivity index (χ2n) is 5.83. The number of aryl methyl sites for hydroxylation is 4. The van der Waals surface area contributed by atoms with Gasteiger partial charge in [-0.2, -0.15) is 22.3 Å². The third-order valence-corrected chi connectivity index (χ3v) is 3.75. The van der Waals surface area contributed by atoms with E-state index in [-0.39, 0.29) is 39.0 Å². The SMILES string of the molecule is CCCc1[c-][nH]cc1CCC.CCCc1[c-][nH]cc1CCC.[Ru+2].[Ru]. The largest absolute Gasteiger partial charge is 2.00 e. The van der Waals surface area contributed by atoms with Gasteiger partial charge in [0.2, 0.25) is 0 Å². The summed E-state index contributed by atoms with van der Waals surface area (Å²) in [6, 6.07) is 0. The molecule has 24 heavy (non-hydrogen) atoms. The molecule has 138 valence electrons. The Morgan fingerprint density at radius 2 is 1.00 bits per heavy atom. The molecule has 0 aliphatic rings. The predicted molar refractivity (Wildman–Crippen MR) is 95.2 cm³/mol. The van der Waals surface area contributed by atoms with Crippen molar-refractivity contribution < 1.29 is 39.0 Å². The maximum atomic E-state index is 3.17. The molecule has 0 unspecified atom stereocenters. The van der Waals surface area contributed by atoms with Gasteiger partial charge < -0.3 is 9.97 Å². The van der Waals surface area contributed by atoms with Crippen molar-refractivity contribution >= 4 is 0 Å². The van der Waals surface area contributed by atoms with Crippen molar-refractivity contribution in [2.75, 3.05) is 0 Å². The summed E-state index contributed by atoms with van der Waals surface area (Å²) in [6.45, 7) is 8.83. The number of hydrogen-bond donors (Lipinski definition) is 2. The molecule has 2 nitrogen and oxygen atoms in total. The Hall–Kier alpha value is -0.193. The summed E-state index contributed by atoms with van der Waals surface area (Å²) in [4.78, 5) is 6.09. The van der Waals surface area contributed by atoms with Gasteiger partial charge in [0.15, 0.2) is 0 Å². The molecule has 2 N–H and O–H groups in total. The van der Waals surface area contributed by atoms with E-state index in [0.29, 0.717) is 0 Å². The maximum absolute atomic E-state index is 3.17. The van der Waals surface area contributed by atoms with Gasteiger partial charge in [0, 0.05) is 19.5 Å². The summed E-state index contributed by atoms with van der Waals surface area (Å²) in [5.74, 6) is 0. The van der Waals surface area contributed by atoms with E-state index in [1.807, 2.05) is 0 Å². The van der Waals surface area contributed by atoms with Crippen LogP contribution in [0.1, 0.15) is 75.6 Å². The first-order valence-electron chi connectivity index (χ1n) is 8.90. The standard InChI is InChI=1S/2C10H16N.2Ru/c2*1-3-5-9-7-11-8-10(9)6-4-2;;/h2*7,11H,3-6H2,1-2H3;;/q2*-1;;+2. The molecule has 0 bridgehead atoms. The van der Waals surface area contributed by atoms with E-state index in [0.717, 1.165) is 0 Å². The van der Waals surface area contributed by atoms with E-state index in [9.17, 15) is 0 Å². The Balaban J connectivity index is 0. The van der Waals surface area contributed by atoms with Gasteiger partial charge in [-0.25, -0.2) is 0 Å². The summed E-state index contributed by atoms with van der Waals surface area (Å²) in [7, 11) is 0. The van der Waals surface area contributed by atoms with Crippen molar-refractivity contribution in [3.05, 3.63) is 47.0 Å². The van der Waals surface area contributed by atoms with Crippen LogP contribution in [0.2, 0.25) is 0 Å². The zero-order valence-corrected chi connectivity index (χ0v) is 19.0. The van der Waals surface area contributed by atoms with Crippen molar-refractivity contribution in [3.63, 3.8) is 0 Å². The predicted octanol–water partition coefficient (Wildman–Crippen LogP) is 5.43. The van der Waals surface area contributed by atoms with Crippen molar-refractivity contribution in [2.24, 2.45) is 0 Å². The van der Waals surface area contributed by atoms with E-state index < -0.39 is 0 Å². The number of hydrogen-bond acceptors (Lipinski definition) is 0. The van der Waals surface area contributed by atoms with Crippen LogP contribution in [0, 0.1) is 12.4 Å². The van der Waals surface area contributed by atoms with E-state index in [1.54, 1.807) is 0 Å². The van der Waals surface area contributed by atoms with Crippen LogP contribution in [-0.2, 0) is 64.6 Å². The molecule has 2 aromatic rings. The zero-order valence-electron chi connectivity index (χ0n) is 15.5. The Kier molecular flexibility index (Phi) is 17.7. The molecule has 0 atom stereocenters. The molecule has 2 heterocycles. The van der Waals surface area contributed by atoms with Gasteiger partial charge in [0.05, 0.1) is 0 Å². The molecule has 0 spiro atoms. The molecule has 0 aliphatic heterocycles. The first-order chi connectivity index (χ1) is 10.8. The molecule has 0 saturated carbocycles. The van der Waals surface area contributed by atoms with Crippen LogP contribution in [0.15, 0.2) is 12.4 Å². The number of H-pyrrole nitrogens is 2. The van der Waals surface area contributed by atoms with Crippen LogP contribution in [0.25, 0.3) is 0 Å². The molecule has 2 aromatic heterocycles. The van der Waals surface area contributed by atoms with Gasteiger partial charge in [0.1, 0.15) is 0 Å². The van der Waals surface area contributed by atoms with Crippen LogP contribution in [0.3, 0.4) is 0 Å². The zero-order chi connectivity index (χ0) is 16.2. The Morgan fingerprint density at radius 3 is 1.29 bits per heavy atom. The van der Waals surface area contributed by atoms with Gasteiger partial charge in [0.25, 0.3) is 0 Å². The van der Waals surface area contributed by atoms with Crippen LogP contribution in [0.5, 0.6) is 0 Å². The summed E-state index contributed by atoms with van der Waals surface area (Å²) in [6.07, 6.45) is 20.1. The summed E-state index contributed by atoms with van der Waals surface area (Å²) in [5, 5.41) is 0. The topological polar surface area (TPSA) is 31.6 Å². The fourth-order valence-electron chi connectivity index (χ4n) is 2.69. The first-order valence-corrected chi connectivity index (χ1v) is 8.90. The van der Waals surface area contributed by atoms with Crippen molar-refractivity contribution in [2.45, 2.75) is 79.1 Å². The van der Waals surface area contributed by atoms with Crippen molar-refractivity contribution in [1.29, 1.82) is 0 Å². The van der Waals surface area contributed by atoms with Gasteiger partial charge in [-0.3, -0.25) is 0 Å². The molecular formula is C20H32N2Ru2. The van der Waals surface area contributed by atoms with E-state index in [1.165, 1.54) is 73.6 Å². The fraction of sp³-hybridized carbons (Fsp3) is 0.600. The molecule has 2 rings (SSSR count). The van der Waals surface area contributed by atoms with Crippen LogP contribution < -0.4 is 0 Å². The summed E-state index contributed by atoms with van der Waals surface area (Å²) in [5.41, 5.74) is 5.67. The third-order valence-electron chi connectivity index (χ3n) is 3.75. The number of nitrogens with one attached hydrogen (secondary N) is 2. The van der Waals surface area contributed by atoms with E-state index in [4.69, 9.17) is 0 Å². The monoisotopic (exact) mass is 504 g/mol. The normalized spacial score (nSPS) is 9.50. The molecule has 0 aromatic carbocycles. The van der Waals surface area contributed by atoms with E-state index in [2.05, 4.69) is 62.5 Å². The Morgan fingerprint density at radius 1 is 0.667 bits per heavy atom. The van der Waals surface area contributed by atoms with Gasteiger partial charge >= 0.3 is 19.5 Å². The van der Waals surface area contributed by atoms with Crippen molar-refractivity contribution in [3.8, 4) is 0 Å². The minimum Gasteiger partial charge on any atom is -0.484 e. The third kappa shape index (κ3) is 9.33. The average molecular weight is 503 g/mol. The van der Waals surface area contributed by atoms with Gasteiger partial charge in [-0.05, 0) is 0 Å². The number of aromatic nitrogens is 2. The average Bonchev–Trinajstić information content (AvgIpc) is 3.12. The molecular weight excluding hydrogens is 470 g/mol. The number of aromatic amines is 2. The molecule has 4 heteroatoms. The number of rotatable bonds is 8.